The number of aliphatic hydroxyl groups is 1. The maximum atomic E-state index is 13.9. The summed E-state index contributed by atoms with van der Waals surface area (Å²) >= 11 is 0. The number of hydrogen-bond acceptors (Lipinski definition) is 5. The lowest BCUT2D eigenvalue weighted by atomic mass is 9.82. The maximum Gasteiger partial charge on any atom is 0.188 e. The van der Waals surface area contributed by atoms with E-state index in [4.69, 9.17) is 0 Å². The van der Waals surface area contributed by atoms with Crippen LogP contribution in [0.25, 0.3) is 0 Å². The monoisotopic (exact) mass is 416 g/mol. The molecule has 0 aliphatic rings. The Hall–Kier alpha value is -3.35. The van der Waals surface area contributed by atoms with Gasteiger partial charge in [-0.25, -0.2) is 8.42 Å². The fraction of sp³-hybridized carbons (Fsp3) is 0.0833. The van der Waals surface area contributed by atoms with Crippen LogP contribution in [0.2, 0.25) is 0 Å². The van der Waals surface area contributed by atoms with Gasteiger partial charge in [0.25, 0.3) is 0 Å². The van der Waals surface area contributed by atoms with E-state index in [0.717, 1.165) is 0 Å². The molecule has 0 spiro atoms. The molecule has 0 amide bonds. The Morgan fingerprint density at radius 1 is 0.700 bits per heavy atom. The summed E-state index contributed by atoms with van der Waals surface area (Å²) in [7, 11) is -4.01. The molecule has 0 aliphatic heterocycles. The molecule has 2 aromatic carbocycles. The number of hydrogen-bond donors (Lipinski definition) is 1. The average Bonchev–Trinajstić information content (AvgIpc) is 2.81. The molecule has 0 saturated carbocycles. The van der Waals surface area contributed by atoms with Crippen molar-refractivity contribution in [2.45, 2.75) is 15.7 Å². The fourth-order valence-electron chi connectivity index (χ4n) is 3.66. The minimum absolute atomic E-state index is 0.130. The van der Waals surface area contributed by atoms with E-state index in [9.17, 15) is 13.5 Å². The van der Waals surface area contributed by atoms with Crippen molar-refractivity contribution in [1.82, 2.24) is 9.97 Å². The molecule has 0 fully saturated rings. The molecule has 1 atom stereocenters. The smallest absolute Gasteiger partial charge is 0.188 e. The largest absolute Gasteiger partial charge is 0.379 e. The van der Waals surface area contributed by atoms with Crippen LogP contribution in [-0.4, -0.2) is 23.5 Å². The minimum Gasteiger partial charge on any atom is -0.379 e. The van der Waals surface area contributed by atoms with E-state index < -0.39 is 20.7 Å². The first-order valence-electron chi connectivity index (χ1n) is 9.42. The lowest BCUT2D eigenvalue weighted by Crippen LogP contribution is -2.39. The Bertz CT molecular complexity index is 1160. The number of aromatic nitrogens is 2. The molecule has 1 N–H and O–H groups in total. The third-order valence-electron chi connectivity index (χ3n) is 5.07. The quantitative estimate of drug-likeness (QED) is 0.515. The molecular formula is C24H20N2O3S. The third kappa shape index (κ3) is 3.51. The normalized spacial score (nSPS) is 13.0. The Morgan fingerprint density at radius 3 is 1.67 bits per heavy atom. The van der Waals surface area contributed by atoms with Gasteiger partial charge in [-0.3, -0.25) is 9.97 Å². The first kappa shape index (κ1) is 19.9. The van der Waals surface area contributed by atoms with Gasteiger partial charge in [0.1, 0.15) is 10.9 Å². The van der Waals surface area contributed by atoms with E-state index >= 15 is 0 Å². The number of sulfone groups is 1. The summed E-state index contributed by atoms with van der Waals surface area (Å²) in [6.07, 6.45) is 6.14. The minimum atomic E-state index is -4.01. The van der Waals surface area contributed by atoms with Crippen molar-refractivity contribution in [2.24, 2.45) is 0 Å². The fourth-order valence-corrected chi connectivity index (χ4v) is 5.71. The van der Waals surface area contributed by atoms with E-state index in [-0.39, 0.29) is 4.90 Å². The van der Waals surface area contributed by atoms with E-state index in [1.165, 1.54) is 24.5 Å². The summed E-state index contributed by atoms with van der Waals surface area (Å²) in [6.45, 7) is 0. The number of rotatable bonds is 6. The van der Waals surface area contributed by atoms with Crippen LogP contribution in [0.4, 0.5) is 0 Å². The van der Waals surface area contributed by atoms with Gasteiger partial charge in [0.15, 0.2) is 9.84 Å². The predicted octanol–water partition coefficient (Wildman–Crippen LogP) is 3.93. The Labute approximate surface area is 175 Å². The highest BCUT2D eigenvalue weighted by molar-refractivity contribution is 7.91. The summed E-state index contributed by atoms with van der Waals surface area (Å²) < 4.78 is 27.9. The second-order valence-electron chi connectivity index (χ2n) is 6.90. The van der Waals surface area contributed by atoms with Crippen molar-refractivity contribution in [3.63, 3.8) is 0 Å². The highest BCUT2D eigenvalue weighted by Gasteiger charge is 2.49. The second kappa shape index (κ2) is 8.18. The molecule has 4 rings (SSSR count). The first-order chi connectivity index (χ1) is 14.5. The molecule has 0 saturated heterocycles. The van der Waals surface area contributed by atoms with Crippen LogP contribution >= 0.6 is 0 Å². The van der Waals surface area contributed by atoms with Gasteiger partial charge in [0.05, 0.1) is 4.90 Å². The zero-order valence-electron chi connectivity index (χ0n) is 16.0. The van der Waals surface area contributed by atoms with Crippen LogP contribution in [-0.2, 0) is 15.4 Å². The van der Waals surface area contributed by atoms with E-state index in [1.54, 1.807) is 79.1 Å². The molecule has 1 unspecified atom stereocenters. The van der Waals surface area contributed by atoms with Gasteiger partial charge in [-0.2, -0.15) is 0 Å². The molecular weight excluding hydrogens is 396 g/mol. The number of pyridine rings is 2. The summed E-state index contributed by atoms with van der Waals surface area (Å²) in [5.41, 5.74) is -0.715. The molecule has 30 heavy (non-hydrogen) atoms. The molecule has 4 aromatic rings. The highest BCUT2D eigenvalue weighted by atomic mass is 32.2. The third-order valence-corrected chi connectivity index (χ3v) is 7.23. The van der Waals surface area contributed by atoms with Crippen molar-refractivity contribution in [2.75, 3.05) is 0 Å². The lowest BCUT2D eigenvalue weighted by Gasteiger charge is -2.36. The molecule has 5 nitrogen and oxygen atoms in total. The van der Waals surface area contributed by atoms with Gasteiger partial charge in [0.2, 0.25) is 0 Å². The van der Waals surface area contributed by atoms with E-state index in [0.29, 0.717) is 16.7 Å². The van der Waals surface area contributed by atoms with Crippen molar-refractivity contribution in [3.05, 3.63) is 126 Å². The molecule has 6 heteroatoms. The van der Waals surface area contributed by atoms with Crippen LogP contribution in [0.3, 0.4) is 0 Å². The van der Waals surface area contributed by atoms with Crippen LogP contribution < -0.4 is 0 Å². The highest BCUT2D eigenvalue weighted by Crippen LogP contribution is 2.47. The lowest BCUT2D eigenvalue weighted by molar-refractivity contribution is 0.0739. The van der Waals surface area contributed by atoms with Crippen LogP contribution in [0.5, 0.6) is 0 Å². The van der Waals surface area contributed by atoms with Gasteiger partial charge in [-0.05, 0) is 29.8 Å². The molecule has 2 aromatic heterocycles. The van der Waals surface area contributed by atoms with Crippen molar-refractivity contribution >= 4 is 9.84 Å². The Balaban J connectivity index is 2.05. The SMILES string of the molecule is O=S(=O)(c1ccccc1)C(c1ccccc1)C(O)(c1cccnc1)c1cccnc1. The van der Waals surface area contributed by atoms with E-state index in [1.807, 2.05) is 6.07 Å². The standard InChI is InChI=1S/C24H20N2O3S/c27-24(20-11-7-15-25-17-20,21-12-8-16-26-18-21)23(19-9-3-1-4-10-19)30(28,29)22-13-5-2-6-14-22/h1-18,23,27H. The zero-order chi connectivity index (χ0) is 21.0. The zero-order valence-corrected chi connectivity index (χ0v) is 16.9. The number of nitrogens with zero attached hydrogens (tertiary/aromatic N) is 2. The molecule has 0 aliphatic carbocycles. The molecule has 0 bridgehead atoms. The van der Waals surface area contributed by atoms with Gasteiger partial charge in [-0.1, -0.05) is 60.7 Å². The van der Waals surface area contributed by atoms with Crippen LogP contribution in [0.15, 0.2) is 115 Å². The topological polar surface area (TPSA) is 80.2 Å². The van der Waals surface area contributed by atoms with Gasteiger partial charge >= 0.3 is 0 Å². The van der Waals surface area contributed by atoms with Crippen LogP contribution in [0, 0.1) is 0 Å². The van der Waals surface area contributed by atoms with Gasteiger partial charge in [0, 0.05) is 35.9 Å². The predicted molar refractivity (Wildman–Crippen MR) is 114 cm³/mol. The summed E-state index contributed by atoms with van der Waals surface area (Å²) in [5.74, 6) is 0. The summed E-state index contributed by atoms with van der Waals surface area (Å²) in [4.78, 5) is 8.39. The maximum absolute atomic E-state index is 13.9. The van der Waals surface area contributed by atoms with Crippen molar-refractivity contribution in [1.29, 1.82) is 0 Å². The van der Waals surface area contributed by atoms with E-state index in [2.05, 4.69) is 9.97 Å². The van der Waals surface area contributed by atoms with Crippen molar-refractivity contribution in [3.8, 4) is 0 Å². The molecule has 0 radical (unpaired) electrons. The molecule has 150 valence electrons. The first-order valence-corrected chi connectivity index (χ1v) is 11.0. The van der Waals surface area contributed by atoms with Crippen LogP contribution in [0.1, 0.15) is 21.9 Å². The van der Waals surface area contributed by atoms with Gasteiger partial charge < -0.3 is 5.11 Å². The second-order valence-corrected chi connectivity index (χ2v) is 8.93. The summed E-state index contributed by atoms with van der Waals surface area (Å²) in [5, 5.41) is 10.9. The Morgan fingerprint density at radius 2 is 1.20 bits per heavy atom. The number of benzene rings is 2. The molecule has 2 heterocycles. The average molecular weight is 417 g/mol. The van der Waals surface area contributed by atoms with Crippen molar-refractivity contribution < 1.29 is 13.5 Å². The Kier molecular flexibility index (Phi) is 5.44. The van der Waals surface area contributed by atoms with Gasteiger partial charge in [-0.15, -0.1) is 0 Å². The summed E-state index contributed by atoms with van der Waals surface area (Å²) in [6, 6.07) is 23.6.